The van der Waals surface area contributed by atoms with E-state index in [9.17, 15) is 5.11 Å². The monoisotopic (exact) mass is 171 g/mol. The van der Waals surface area contributed by atoms with Crippen LogP contribution in [0.5, 0.6) is 0 Å². The van der Waals surface area contributed by atoms with Gasteiger partial charge in [0.25, 0.3) is 0 Å². The largest absolute Gasteiger partial charge is 0.392 e. The number of β-amino-alcohol motifs (C(OH)–C–C–N with tert-alkyl or cyclic N) is 1. The van der Waals surface area contributed by atoms with E-state index < -0.39 is 0 Å². The summed E-state index contributed by atoms with van der Waals surface area (Å²) in [6.07, 6.45) is 1.05. The molecule has 2 heteroatoms. The average Bonchev–Trinajstić information content (AvgIpc) is 1.96. The summed E-state index contributed by atoms with van der Waals surface area (Å²) in [7, 11) is 0. The lowest BCUT2D eigenvalue weighted by atomic mass is 9.95. The Balaban J connectivity index is 2.30. The van der Waals surface area contributed by atoms with Crippen molar-refractivity contribution >= 4 is 0 Å². The third-order valence-corrected chi connectivity index (χ3v) is 2.63. The van der Waals surface area contributed by atoms with Crippen LogP contribution in [-0.4, -0.2) is 35.7 Å². The molecule has 2 nitrogen and oxygen atoms in total. The topological polar surface area (TPSA) is 23.5 Å². The number of aliphatic hydroxyl groups excluding tert-OH is 1. The summed E-state index contributed by atoms with van der Waals surface area (Å²) in [4.78, 5) is 2.37. The predicted molar refractivity (Wildman–Crippen MR) is 51.1 cm³/mol. The second kappa shape index (κ2) is 4.24. The summed E-state index contributed by atoms with van der Waals surface area (Å²) in [5.41, 5.74) is 0. The van der Waals surface area contributed by atoms with Gasteiger partial charge in [-0.1, -0.05) is 20.8 Å². The lowest BCUT2D eigenvalue weighted by Gasteiger charge is -2.35. The number of hydrogen-bond donors (Lipinski definition) is 1. The number of likely N-dealkylation sites (tertiary alicyclic amines) is 1. The lowest BCUT2D eigenvalue weighted by Crippen LogP contribution is -2.44. The molecule has 1 heterocycles. The van der Waals surface area contributed by atoms with Crippen molar-refractivity contribution in [2.75, 3.05) is 19.6 Å². The molecule has 0 aromatic rings. The van der Waals surface area contributed by atoms with Crippen molar-refractivity contribution in [1.29, 1.82) is 0 Å². The number of aliphatic hydroxyl groups is 1. The molecule has 0 radical (unpaired) electrons. The number of nitrogens with zero attached hydrogens (tertiary/aromatic N) is 1. The van der Waals surface area contributed by atoms with Gasteiger partial charge in [0.1, 0.15) is 0 Å². The molecule has 0 spiro atoms. The van der Waals surface area contributed by atoms with Crippen LogP contribution >= 0.6 is 0 Å². The van der Waals surface area contributed by atoms with Crippen LogP contribution in [0.3, 0.4) is 0 Å². The van der Waals surface area contributed by atoms with Gasteiger partial charge < -0.3 is 10.0 Å². The fourth-order valence-electron chi connectivity index (χ4n) is 1.80. The summed E-state index contributed by atoms with van der Waals surface area (Å²) in [6.45, 7) is 9.76. The van der Waals surface area contributed by atoms with E-state index in [0.717, 1.165) is 26.1 Å². The number of rotatable bonds is 2. The van der Waals surface area contributed by atoms with Crippen molar-refractivity contribution in [3.05, 3.63) is 0 Å². The van der Waals surface area contributed by atoms with E-state index in [2.05, 4.69) is 25.7 Å². The van der Waals surface area contributed by atoms with Gasteiger partial charge in [-0.2, -0.15) is 0 Å². The molecule has 1 fully saturated rings. The molecule has 1 saturated heterocycles. The van der Waals surface area contributed by atoms with Crippen molar-refractivity contribution in [2.24, 2.45) is 11.8 Å². The normalized spacial score (nSPS) is 32.8. The smallest absolute Gasteiger partial charge is 0.0693 e. The highest BCUT2D eigenvalue weighted by atomic mass is 16.3. The van der Waals surface area contributed by atoms with Gasteiger partial charge in [0, 0.05) is 13.1 Å². The molecule has 2 atom stereocenters. The summed E-state index contributed by atoms with van der Waals surface area (Å²) >= 11 is 0. The van der Waals surface area contributed by atoms with Crippen molar-refractivity contribution < 1.29 is 5.11 Å². The molecular formula is C10H21NO. The Labute approximate surface area is 75.6 Å². The Kier molecular flexibility index (Phi) is 3.53. The number of piperidine rings is 1. The first-order valence-electron chi connectivity index (χ1n) is 5.00. The SMILES string of the molecule is CC(C)CN1CCC(C)C(O)C1. The molecule has 72 valence electrons. The third-order valence-electron chi connectivity index (χ3n) is 2.63. The van der Waals surface area contributed by atoms with Crippen LogP contribution in [0.4, 0.5) is 0 Å². The maximum absolute atomic E-state index is 9.62. The van der Waals surface area contributed by atoms with Crippen LogP contribution in [-0.2, 0) is 0 Å². The Morgan fingerprint density at radius 2 is 2.17 bits per heavy atom. The van der Waals surface area contributed by atoms with Gasteiger partial charge in [-0.15, -0.1) is 0 Å². The minimum absolute atomic E-state index is 0.0995. The Morgan fingerprint density at radius 3 is 2.67 bits per heavy atom. The third kappa shape index (κ3) is 2.76. The van der Waals surface area contributed by atoms with Crippen LogP contribution in [0.2, 0.25) is 0 Å². The van der Waals surface area contributed by atoms with Crippen molar-refractivity contribution in [3.8, 4) is 0 Å². The van der Waals surface area contributed by atoms with Crippen LogP contribution in [0.1, 0.15) is 27.2 Å². The van der Waals surface area contributed by atoms with Gasteiger partial charge in [0.2, 0.25) is 0 Å². The molecular weight excluding hydrogens is 150 g/mol. The van der Waals surface area contributed by atoms with Gasteiger partial charge >= 0.3 is 0 Å². The van der Waals surface area contributed by atoms with Crippen molar-refractivity contribution in [3.63, 3.8) is 0 Å². The second-order valence-electron chi connectivity index (χ2n) is 4.49. The van der Waals surface area contributed by atoms with E-state index in [1.165, 1.54) is 0 Å². The van der Waals surface area contributed by atoms with E-state index in [0.29, 0.717) is 11.8 Å². The van der Waals surface area contributed by atoms with Crippen LogP contribution in [0, 0.1) is 11.8 Å². The second-order valence-corrected chi connectivity index (χ2v) is 4.49. The maximum Gasteiger partial charge on any atom is 0.0693 e. The minimum atomic E-state index is -0.0995. The van der Waals surface area contributed by atoms with E-state index >= 15 is 0 Å². The van der Waals surface area contributed by atoms with Crippen molar-refractivity contribution in [2.45, 2.75) is 33.3 Å². The molecule has 0 aliphatic carbocycles. The van der Waals surface area contributed by atoms with Gasteiger partial charge in [-0.05, 0) is 24.8 Å². The van der Waals surface area contributed by atoms with E-state index in [4.69, 9.17) is 0 Å². The van der Waals surface area contributed by atoms with Gasteiger partial charge in [0.05, 0.1) is 6.10 Å². The highest BCUT2D eigenvalue weighted by Gasteiger charge is 2.23. The van der Waals surface area contributed by atoms with Crippen LogP contribution < -0.4 is 0 Å². The predicted octanol–water partition coefficient (Wildman–Crippen LogP) is 1.35. The minimum Gasteiger partial charge on any atom is -0.392 e. The summed E-state index contributed by atoms with van der Waals surface area (Å²) in [6, 6.07) is 0. The summed E-state index contributed by atoms with van der Waals surface area (Å²) < 4.78 is 0. The quantitative estimate of drug-likeness (QED) is 0.678. The molecule has 0 amide bonds. The molecule has 0 saturated carbocycles. The highest BCUT2D eigenvalue weighted by Crippen LogP contribution is 2.17. The van der Waals surface area contributed by atoms with E-state index in [1.54, 1.807) is 0 Å². The molecule has 0 bridgehead atoms. The summed E-state index contributed by atoms with van der Waals surface area (Å²) in [5.74, 6) is 1.21. The molecule has 1 N–H and O–H groups in total. The fraction of sp³-hybridized carbons (Fsp3) is 1.00. The fourth-order valence-corrected chi connectivity index (χ4v) is 1.80. The molecule has 0 aromatic carbocycles. The van der Waals surface area contributed by atoms with Crippen molar-refractivity contribution in [1.82, 2.24) is 4.90 Å². The maximum atomic E-state index is 9.62. The van der Waals surface area contributed by atoms with E-state index in [1.807, 2.05) is 0 Å². The average molecular weight is 171 g/mol. The zero-order chi connectivity index (χ0) is 9.14. The first-order chi connectivity index (χ1) is 5.59. The zero-order valence-corrected chi connectivity index (χ0v) is 8.45. The Hall–Kier alpha value is -0.0800. The molecule has 2 unspecified atom stereocenters. The molecule has 1 aliphatic heterocycles. The van der Waals surface area contributed by atoms with Crippen LogP contribution in [0.25, 0.3) is 0 Å². The molecule has 0 aromatic heterocycles. The number of hydrogen-bond acceptors (Lipinski definition) is 2. The zero-order valence-electron chi connectivity index (χ0n) is 8.45. The van der Waals surface area contributed by atoms with Gasteiger partial charge in [0.15, 0.2) is 0 Å². The van der Waals surface area contributed by atoms with Gasteiger partial charge in [-0.25, -0.2) is 0 Å². The van der Waals surface area contributed by atoms with Crippen LogP contribution in [0.15, 0.2) is 0 Å². The Bertz CT molecular complexity index is 136. The summed E-state index contributed by atoms with van der Waals surface area (Å²) in [5, 5.41) is 9.62. The molecule has 1 rings (SSSR count). The first-order valence-corrected chi connectivity index (χ1v) is 5.00. The first kappa shape index (κ1) is 10.0. The van der Waals surface area contributed by atoms with Gasteiger partial charge in [-0.3, -0.25) is 0 Å². The molecule has 12 heavy (non-hydrogen) atoms. The van der Waals surface area contributed by atoms with E-state index in [-0.39, 0.29) is 6.10 Å². The Morgan fingerprint density at radius 1 is 1.50 bits per heavy atom. The molecule has 1 aliphatic rings. The lowest BCUT2D eigenvalue weighted by molar-refractivity contribution is 0.0248. The highest BCUT2D eigenvalue weighted by molar-refractivity contribution is 4.77. The standard InChI is InChI=1S/C10H21NO/c1-8(2)6-11-5-4-9(3)10(12)7-11/h8-10,12H,4-7H2,1-3H3.